The molecule has 2 nitrogen and oxygen atoms in total. The molecule has 1 aliphatic carbocycles. The fraction of sp³-hybridized carbons (Fsp3) is 0.357. The Hall–Kier alpha value is -1.77. The van der Waals surface area contributed by atoms with E-state index in [0.29, 0.717) is 11.5 Å². The van der Waals surface area contributed by atoms with Gasteiger partial charge in [-0.25, -0.2) is 0 Å². The number of nitrogens with zero attached hydrogens (tertiary/aromatic N) is 1. The number of nitrogens with one attached hydrogen (secondary N) is 1. The van der Waals surface area contributed by atoms with E-state index in [0.717, 1.165) is 19.5 Å². The normalized spacial score (nSPS) is 30.2. The molecule has 1 aromatic carbocycles. The van der Waals surface area contributed by atoms with Crippen LogP contribution in [0.3, 0.4) is 0 Å². The van der Waals surface area contributed by atoms with Gasteiger partial charge in [-0.1, -0.05) is 12.0 Å². The van der Waals surface area contributed by atoms with Crippen molar-refractivity contribution >= 4 is 0 Å². The number of fused-ring (bicyclic) bond motifs is 5. The summed E-state index contributed by atoms with van der Waals surface area (Å²) in [6, 6.07) is 8.13. The standard InChI is InChI=1S/C14H12N2/c1-2-14-6-11(8-16-9-14)12-4-3-10(7-15)5-13(12)14/h1,3-5,11,16H,6,8-9H2. The second-order valence-corrected chi connectivity index (χ2v) is 4.67. The molecule has 2 bridgehead atoms. The first kappa shape index (κ1) is 9.46. The van der Waals surface area contributed by atoms with Gasteiger partial charge in [0, 0.05) is 13.1 Å². The largest absolute Gasteiger partial charge is 0.314 e. The topological polar surface area (TPSA) is 35.8 Å². The molecule has 1 aliphatic heterocycles. The minimum Gasteiger partial charge on any atom is -0.314 e. The molecule has 1 heterocycles. The maximum Gasteiger partial charge on any atom is 0.0991 e. The van der Waals surface area contributed by atoms with E-state index in [1.165, 1.54) is 11.1 Å². The van der Waals surface area contributed by atoms with Crippen molar-refractivity contribution in [2.24, 2.45) is 0 Å². The maximum atomic E-state index is 8.95. The Labute approximate surface area is 95.3 Å². The molecule has 1 saturated heterocycles. The number of nitriles is 1. The van der Waals surface area contributed by atoms with E-state index in [4.69, 9.17) is 11.7 Å². The van der Waals surface area contributed by atoms with Crippen LogP contribution < -0.4 is 5.32 Å². The number of hydrogen-bond acceptors (Lipinski definition) is 2. The van der Waals surface area contributed by atoms with Gasteiger partial charge in [-0.05, 0) is 35.6 Å². The summed E-state index contributed by atoms with van der Waals surface area (Å²) in [5, 5.41) is 12.3. The molecule has 16 heavy (non-hydrogen) atoms. The van der Waals surface area contributed by atoms with Crippen LogP contribution >= 0.6 is 0 Å². The average Bonchev–Trinajstić information content (AvgIpc) is 2.58. The van der Waals surface area contributed by atoms with Crippen molar-refractivity contribution in [2.45, 2.75) is 17.8 Å². The van der Waals surface area contributed by atoms with Gasteiger partial charge in [0.15, 0.2) is 0 Å². The highest BCUT2D eigenvalue weighted by Crippen LogP contribution is 2.47. The molecule has 2 atom stereocenters. The summed E-state index contributed by atoms with van der Waals surface area (Å²) < 4.78 is 0. The van der Waals surface area contributed by atoms with Gasteiger partial charge < -0.3 is 5.32 Å². The van der Waals surface area contributed by atoms with Gasteiger partial charge in [-0.2, -0.15) is 5.26 Å². The highest BCUT2D eigenvalue weighted by atomic mass is 14.9. The Bertz CT molecular complexity index is 533. The van der Waals surface area contributed by atoms with Crippen LogP contribution in [0.2, 0.25) is 0 Å². The number of benzene rings is 1. The lowest BCUT2D eigenvalue weighted by Gasteiger charge is -2.29. The van der Waals surface area contributed by atoms with E-state index >= 15 is 0 Å². The predicted molar refractivity (Wildman–Crippen MR) is 61.9 cm³/mol. The van der Waals surface area contributed by atoms with Crippen molar-refractivity contribution in [3.63, 3.8) is 0 Å². The van der Waals surface area contributed by atoms with Gasteiger partial charge in [0.2, 0.25) is 0 Å². The summed E-state index contributed by atoms with van der Waals surface area (Å²) in [5.74, 6) is 3.47. The Morgan fingerprint density at radius 3 is 3.12 bits per heavy atom. The molecule has 2 heteroatoms. The van der Waals surface area contributed by atoms with Gasteiger partial charge in [-0.3, -0.25) is 0 Å². The lowest BCUT2D eigenvalue weighted by atomic mass is 9.80. The predicted octanol–water partition coefficient (Wildman–Crippen LogP) is 1.52. The molecule has 2 unspecified atom stereocenters. The first-order valence-electron chi connectivity index (χ1n) is 5.52. The number of terminal acetylenes is 1. The van der Waals surface area contributed by atoms with Crippen molar-refractivity contribution in [3.8, 4) is 18.4 Å². The SMILES string of the molecule is C#CC12CNCC(C1)c1ccc(C#N)cc12. The van der Waals surface area contributed by atoms with Crippen LogP contribution in [0, 0.1) is 23.7 Å². The number of hydrogen-bond donors (Lipinski definition) is 1. The molecule has 0 saturated carbocycles. The molecule has 1 aromatic rings. The monoisotopic (exact) mass is 208 g/mol. The average molecular weight is 208 g/mol. The van der Waals surface area contributed by atoms with Gasteiger partial charge in [-0.15, -0.1) is 6.42 Å². The first-order chi connectivity index (χ1) is 7.79. The van der Waals surface area contributed by atoms with Crippen LogP contribution in [0.5, 0.6) is 0 Å². The second-order valence-electron chi connectivity index (χ2n) is 4.67. The third-order valence-corrected chi connectivity index (χ3v) is 3.83. The summed E-state index contributed by atoms with van der Waals surface area (Å²) >= 11 is 0. The zero-order valence-corrected chi connectivity index (χ0v) is 8.96. The summed E-state index contributed by atoms with van der Waals surface area (Å²) in [4.78, 5) is 0. The van der Waals surface area contributed by atoms with Gasteiger partial charge >= 0.3 is 0 Å². The Morgan fingerprint density at radius 2 is 2.38 bits per heavy atom. The van der Waals surface area contributed by atoms with Crippen LogP contribution in [-0.4, -0.2) is 13.1 Å². The molecule has 1 N–H and O–H groups in total. The van der Waals surface area contributed by atoms with E-state index in [9.17, 15) is 0 Å². The van der Waals surface area contributed by atoms with Crippen molar-refractivity contribution in [3.05, 3.63) is 34.9 Å². The third kappa shape index (κ3) is 1.06. The summed E-state index contributed by atoms with van der Waals surface area (Å²) in [6.07, 6.45) is 6.74. The second kappa shape index (κ2) is 3.11. The Morgan fingerprint density at radius 1 is 1.50 bits per heavy atom. The molecular weight excluding hydrogens is 196 g/mol. The van der Waals surface area contributed by atoms with Crippen LogP contribution in [0.4, 0.5) is 0 Å². The van der Waals surface area contributed by atoms with Crippen molar-refractivity contribution in [1.82, 2.24) is 5.32 Å². The van der Waals surface area contributed by atoms with Crippen LogP contribution in [0.15, 0.2) is 18.2 Å². The van der Waals surface area contributed by atoms with Crippen molar-refractivity contribution in [1.29, 1.82) is 5.26 Å². The smallest absolute Gasteiger partial charge is 0.0991 e. The van der Waals surface area contributed by atoms with E-state index in [1.54, 1.807) is 0 Å². The molecule has 0 radical (unpaired) electrons. The third-order valence-electron chi connectivity index (χ3n) is 3.83. The van der Waals surface area contributed by atoms with Crippen molar-refractivity contribution < 1.29 is 0 Å². The Balaban J connectivity index is 2.24. The summed E-state index contributed by atoms with van der Waals surface area (Å²) in [5.41, 5.74) is 3.07. The van der Waals surface area contributed by atoms with Gasteiger partial charge in [0.05, 0.1) is 17.0 Å². The fourth-order valence-electron chi connectivity index (χ4n) is 3.03. The lowest BCUT2D eigenvalue weighted by molar-refractivity contribution is 0.391. The highest BCUT2D eigenvalue weighted by molar-refractivity contribution is 5.53. The fourth-order valence-corrected chi connectivity index (χ4v) is 3.03. The van der Waals surface area contributed by atoms with Crippen LogP contribution in [0.1, 0.15) is 29.0 Å². The number of piperidine rings is 1. The van der Waals surface area contributed by atoms with E-state index in [1.807, 2.05) is 12.1 Å². The molecule has 1 fully saturated rings. The first-order valence-corrected chi connectivity index (χ1v) is 5.52. The molecule has 2 aliphatic rings. The zero-order chi connectivity index (χ0) is 11.2. The summed E-state index contributed by atoms with van der Waals surface area (Å²) in [7, 11) is 0. The van der Waals surface area contributed by atoms with Crippen molar-refractivity contribution in [2.75, 3.05) is 13.1 Å². The van der Waals surface area contributed by atoms with Crippen LogP contribution in [0.25, 0.3) is 0 Å². The molecule has 78 valence electrons. The maximum absolute atomic E-state index is 8.95. The van der Waals surface area contributed by atoms with E-state index < -0.39 is 0 Å². The highest BCUT2D eigenvalue weighted by Gasteiger charge is 2.45. The zero-order valence-electron chi connectivity index (χ0n) is 8.96. The molecule has 3 rings (SSSR count). The molecule has 0 spiro atoms. The van der Waals surface area contributed by atoms with E-state index in [2.05, 4.69) is 23.4 Å². The number of rotatable bonds is 0. The molecule has 0 amide bonds. The van der Waals surface area contributed by atoms with Gasteiger partial charge in [0.25, 0.3) is 0 Å². The van der Waals surface area contributed by atoms with Crippen LogP contribution in [-0.2, 0) is 5.41 Å². The molecular formula is C14H12N2. The van der Waals surface area contributed by atoms with Gasteiger partial charge in [0.1, 0.15) is 0 Å². The Kier molecular flexibility index (Phi) is 1.84. The van der Waals surface area contributed by atoms with E-state index in [-0.39, 0.29) is 5.41 Å². The quantitative estimate of drug-likeness (QED) is 0.656. The lowest BCUT2D eigenvalue weighted by Crippen LogP contribution is -2.40. The summed E-state index contributed by atoms with van der Waals surface area (Å²) in [6.45, 7) is 1.84. The molecule has 0 aromatic heterocycles. The minimum absolute atomic E-state index is 0.175. The minimum atomic E-state index is -0.175.